The molecule has 0 bridgehead atoms. The summed E-state index contributed by atoms with van der Waals surface area (Å²) in [6.07, 6.45) is 9.08. The Morgan fingerprint density at radius 2 is 1.20 bits per heavy atom. The molecule has 0 radical (unpaired) electrons. The lowest BCUT2D eigenvalue weighted by atomic mass is 10.0. The van der Waals surface area contributed by atoms with Crippen LogP contribution in [0.15, 0.2) is 0 Å². The van der Waals surface area contributed by atoms with Crippen LogP contribution in [0.25, 0.3) is 0 Å². The van der Waals surface area contributed by atoms with Gasteiger partial charge in [-0.15, -0.1) is 0 Å². The van der Waals surface area contributed by atoms with Gasteiger partial charge in [0.15, 0.2) is 13.2 Å². The van der Waals surface area contributed by atoms with Crippen molar-refractivity contribution in [2.24, 2.45) is 11.8 Å². The van der Waals surface area contributed by atoms with E-state index in [-0.39, 0.29) is 0 Å². The third-order valence-corrected chi connectivity index (χ3v) is 3.92. The molecular weight excluding hydrogens is 254 g/mol. The molecule has 0 saturated carbocycles. The van der Waals surface area contributed by atoms with E-state index in [1.54, 1.807) is 0 Å². The van der Waals surface area contributed by atoms with E-state index in [0.29, 0.717) is 30.1 Å². The molecule has 0 fully saturated rings. The highest BCUT2D eigenvalue weighted by atomic mass is 17.0. The Morgan fingerprint density at radius 3 is 1.50 bits per heavy atom. The maximum absolute atomic E-state index is 11.5. The SMILES string of the molecule is CCCCC(CC)CO[N+](=O)OCC(CC)CCCC. The van der Waals surface area contributed by atoms with Crippen molar-refractivity contribution in [3.8, 4) is 0 Å². The quantitative estimate of drug-likeness (QED) is 0.419. The van der Waals surface area contributed by atoms with Crippen molar-refractivity contribution in [1.29, 1.82) is 0 Å². The van der Waals surface area contributed by atoms with Gasteiger partial charge in [-0.25, -0.2) is 0 Å². The first-order chi connectivity index (χ1) is 9.67. The lowest BCUT2D eigenvalue weighted by molar-refractivity contribution is -0.982. The summed E-state index contributed by atoms with van der Waals surface area (Å²) in [7, 11) is 0. The molecule has 0 aromatic carbocycles. The summed E-state index contributed by atoms with van der Waals surface area (Å²) < 4.78 is 0. The zero-order valence-corrected chi connectivity index (χ0v) is 13.9. The average molecular weight is 288 g/mol. The largest absolute Gasteiger partial charge is 0.477 e. The summed E-state index contributed by atoms with van der Waals surface area (Å²) in [5.41, 5.74) is 0. The van der Waals surface area contributed by atoms with Gasteiger partial charge in [-0.2, -0.15) is 9.68 Å². The fourth-order valence-electron chi connectivity index (χ4n) is 2.17. The molecule has 0 rings (SSSR count). The van der Waals surface area contributed by atoms with Gasteiger partial charge in [0.1, 0.15) is 4.91 Å². The minimum absolute atomic E-state index is 0.323. The molecule has 2 unspecified atom stereocenters. The van der Waals surface area contributed by atoms with Crippen LogP contribution < -0.4 is 0 Å². The van der Waals surface area contributed by atoms with Crippen molar-refractivity contribution in [2.75, 3.05) is 13.2 Å². The lowest BCUT2D eigenvalue weighted by Gasteiger charge is -2.11. The molecule has 0 aromatic rings. The predicted octanol–water partition coefficient (Wildman–Crippen LogP) is 5.06. The topological polar surface area (TPSA) is 38.5 Å². The first-order valence-electron chi connectivity index (χ1n) is 8.40. The van der Waals surface area contributed by atoms with Crippen LogP contribution in [0.3, 0.4) is 0 Å². The van der Waals surface area contributed by atoms with E-state index in [1.807, 2.05) is 0 Å². The molecule has 20 heavy (non-hydrogen) atoms. The van der Waals surface area contributed by atoms with Crippen LogP contribution in [0.1, 0.15) is 79.1 Å². The minimum atomic E-state index is 0.323. The number of hydrogen-bond donors (Lipinski definition) is 0. The van der Waals surface area contributed by atoms with E-state index in [4.69, 9.17) is 9.68 Å². The van der Waals surface area contributed by atoms with E-state index >= 15 is 0 Å². The van der Waals surface area contributed by atoms with Gasteiger partial charge in [-0.3, -0.25) is 0 Å². The zero-order chi connectivity index (χ0) is 15.2. The molecule has 4 heteroatoms. The van der Waals surface area contributed by atoms with Crippen LogP contribution >= 0.6 is 0 Å². The van der Waals surface area contributed by atoms with Gasteiger partial charge in [0, 0.05) is 11.8 Å². The van der Waals surface area contributed by atoms with E-state index in [1.165, 1.54) is 25.7 Å². The Labute approximate surface area is 124 Å². The molecule has 0 amide bonds. The summed E-state index contributed by atoms with van der Waals surface area (Å²) in [6, 6.07) is 0. The van der Waals surface area contributed by atoms with Crippen molar-refractivity contribution < 1.29 is 14.8 Å². The second-order valence-corrected chi connectivity index (χ2v) is 5.65. The second-order valence-electron chi connectivity index (χ2n) is 5.65. The van der Waals surface area contributed by atoms with Crippen LogP contribution in [0.4, 0.5) is 0 Å². The van der Waals surface area contributed by atoms with Gasteiger partial charge in [-0.05, 0) is 25.7 Å². The fourth-order valence-corrected chi connectivity index (χ4v) is 2.17. The summed E-state index contributed by atoms with van der Waals surface area (Å²) >= 11 is 0. The summed E-state index contributed by atoms with van der Waals surface area (Å²) in [5.74, 6) is 0.911. The summed E-state index contributed by atoms with van der Waals surface area (Å²) in [6.45, 7) is 9.56. The van der Waals surface area contributed by atoms with Gasteiger partial charge in [0.05, 0.1) is 0 Å². The molecule has 0 aliphatic heterocycles. The highest BCUT2D eigenvalue weighted by Crippen LogP contribution is 2.14. The van der Waals surface area contributed by atoms with Crippen molar-refractivity contribution in [3.63, 3.8) is 0 Å². The average Bonchev–Trinajstić information content (AvgIpc) is 2.47. The predicted molar refractivity (Wildman–Crippen MR) is 82.1 cm³/mol. The fraction of sp³-hybridized carbons (Fsp3) is 1.00. The van der Waals surface area contributed by atoms with Crippen LogP contribution in [-0.4, -0.2) is 18.3 Å². The first-order valence-corrected chi connectivity index (χ1v) is 8.40. The smallest absolute Gasteiger partial charge is 0.186 e. The summed E-state index contributed by atoms with van der Waals surface area (Å²) in [4.78, 5) is 21.8. The van der Waals surface area contributed by atoms with Crippen molar-refractivity contribution in [2.45, 2.75) is 79.1 Å². The molecule has 0 heterocycles. The molecule has 120 valence electrons. The van der Waals surface area contributed by atoms with Crippen molar-refractivity contribution in [1.82, 2.24) is 0 Å². The molecule has 0 aliphatic carbocycles. The number of hydrogen-bond acceptors (Lipinski definition) is 3. The first kappa shape index (κ1) is 19.2. The van der Waals surface area contributed by atoms with Crippen LogP contribution in [0.5, 0.6) is 0 Å². The Kier molecular flexibility index (Phi) is 12.7. The van der Waals surface area contributed by atoms with E-state index in [9.17, 15) is 4.91 Å². The van der Waals surface area contributed by atoms with Gasteiger partial charge >= 0.3 is 5.09 Å². The van der Waals surface area contributed by atoms with Gasteiger partial charge in [0.25, 0.3) is 0 Å². The lowest BCUT2D eigenvalue weighted by Crippen LogP contribution is -2.20. The third-order valence-electron chi connectivity index (χ3n) is 3.92. The number of nitrogens with zero attached hydrogens (tertiary/aromatic N) is 1. The molecule has 2 atom stereocenters. The maximum Gasteiger partial charge on any atom is 0.477 e. The van der Waals surface area contributed by atoms with Gasteiger partial charge in [-0.1, -0.05) is 53.4 Å². The monoisotopic (exact) mass is 288 g/mol. The highest BCUT2D eigenvalue weighted by molar-refractivity contribution is 4.55. The standard InChI is InChI=1S/C16H34NO3/c1-5-9-11-15(7-3)13-19-17(18)20-14-16(8-4)12-10-6-2/h15-16H,5-14H2,1-4H3/q+1. The van der Waals surface area contributed by atoms with Crippen LogP contribution in [0.2, 0.25) is 0 Å². The molecule has 4 nitrogen and oxygen atoms in total. The Hall–Kier alpha value is -0.800. The summed E-state index contributed by atoms with van der Waals surface area (Å²) in [5, 5.41) is 0.323. The van der Waals surface area contributed by atoms with Crippen molar-refractivity contribution in [3.05, 3.63) is 4.91 Å². The third kappa shape index (κ3) is 10.0. The Morgan fingerprint density at radius 1 is 0.800 bits per heavy atom. The Bertz CT molecular complexity index is 212. The minimum Gasteiger partial charge on any atom is -0.186 e. The van der Waals surface area contributed by atoms with Gasteiger partial charge in [0.2, 0.25) is 0 Å². The second kappa shape index (κ2) is 13.2. The number of unbranched alkanes of at least 4 members (excludes halogenated alkanes) is 2. The van der Waals surface area contributed by atoms with Crippen LogP contribution in [-0.2, 0) is 9.68 Å². The molecule has 0 spiro atoms. The highest BCUT2D eigenvalue weighted by Gasteiger charge is 2.19. The van der Waals surface area contributed by atoms with Crippen LogP contribution in [0, 0.1) is 16.7 Å². The molecule has 0 aliphatic rings. The zero-order valence-electron chi connectivity index (χ0n) is 13.9. The molecule has 0 aromatic heterocycles. The van der Waals surface area contributed by atoms with Gasteiger partial charge < -0.3 is 0 Å². The molecule has 0 N–H and O–H groups in total. The number of rotatable bonds is 14. The maximum atomic E-state index is 11.5. The molecule has 0 saturated heterocycles. The van der Waals surface area contributed by atoms with E-state index in [0.717, 1.165) is 25.7 Å². The Balaban J connectivity index is 3.80. The molecular formula is C16H34NO3+. The normalized spacial score (nSPS) is 13.8. The van der Waals surface area contributed by atoms with Crippen molar-refractivity contribution >= 4 is 0 Å². The van der Waals surface area contributed by atoms with E-state index < -0.39 is 0 Å². The van der Waals surface area contributed by atoms with E-state index in [2.05, 4.69) is 27.7 Å².